The maximum Gasteiger partial charge on any atom is 0.245 e. The van der Waals surface area contributed by atoms with Crippen molar-refractivity contribution in [1.29, 1.82) is 0 Å². The van der Waals surface area contributed by atoms with Gasteiger partial charge in [0.15, 0.2) is 17.3 Å². The number of carbonyl (C=O) groups is 1. The van der Waals surface area contributed by atoms with Gasteiger partial charge in [-0.05, 0) is 91.8 Å². The second kappa shape index (κ2) is 10.9. The van der Waals surface area contributed by atoms with E-state index in [1.54, 1.807) is 17.1 Å². The zero-order chi connectivity index (χ0) is 28.6. The Morgan fingerprint density at radius 2 is 1.98 bits per heavy atom. The van der Waals surface area contributed by atoms with Crippen LogP contribution in [-0.2, 0) is 11.2 Å². The van der Waals surface area contributed by atoms with E-state index in [2.05, 4.69) is 44.7 Å². The van der Waals surface area contributed by atoms with Gasteiger partial charge in [-0.3, -0.25) is 9.36 Å². The van der Waals surface area contributed by atoms with Crippen molar-refractivity contribution in [3.8, 4) is 22.9 Å². The fourth-order valence-electron chi connectivity index (χ4n) is 6.32. The smallest absolute Gasteiger partial charge is 0.245 e. The molecule has 212 valence electrons. The highest BCUT2D eigenvalue weighted by Gasteiger charge is 2.28. The number of rotatable bonds is 6. The predicted octanol–water partition coefficient (Wildman–Crippen LogP) is 4.39. The van der Waals surface area contributed by atoms with E-state index in [1.807, 2.05) is 41.4 Å². The maximum atomic E-state index is 12.1. The summed E-state index contributed by atoms with van der Waals surface area (Å²) in [5.41, 5.74) is 12.2. The molecule has 2 aliphatic rings. The SMILES string of the molecule is C=CC(=O)N1CCCC(NC2CCc3cc(-n4c(-c5cccnc5N)nc5ccc(-n6cccn6)nc54)ccc32)CC1. The number of nitrogens with one attached hydrogen (secondary N) is 1. The molecule has 1 aromatic carbocycles. The highest BCUT2D eigenvalue weighted by Crippen LogP contribution is 2.36. The van der Waals surface area contributed by atoms with E-state index in [1.165, 1.54) is 17.2 Å². The number of anilines is 1. The summed E-state index contributed by atoms with van der Waals surface area (Å²) in [4.78, 5) is 28.3. The highest BCUT2D eigenvalue weighted by atomic mass is 16.2. The third-order valence-electron chi connectivity index (χ3n) is 8.42. The molecular formula is C32H33N9O. The monoisotopic (exact) mass is 559 g/mol. The van der Waals surface area contributed by atoms with Crippen molar-refractivity contribution in [2.45, 2.75) is 44.2 Å². The van der Waals surface area contributed by atoms with E-state index in [0.717, 1.165) is 67.6 Å². The van der Waals surface area contributed by atoms with Crippen molar-refractivity contribution < 1.29 is 4.79 Å². The summed E-state index contributed by atoms with van der Waals surface area (Å²) in [6, 6.07) is 16.9. The number of aryl methyl sites for hydroxylation is 1. The summed E-state index contributed by atoms with van der Waals surface area (Å²) in [7, 11) is 0. The van der Waals surface area contributed by atoms with Crippen molar-refractivity contribution >= 4 is 22.9 Å². The lowest BCUT2D eigenvalue weighted by Gasteiger charge is -2.23. The van der Waals surface area contributed by atoms with Crippen LogP contribution in [0.4, 0.5) is 5.82 Å². The molecule has 1 fully saturated rings. The first-order valence-corrected chi connectivity index (χ1v) is 14.5. The molecule has 10 nitrogen and oxygen atoms in total. The molecule has 0 spiro atoms. The third kappa shape index (κ3) is 4.73. The van der Waals surface area contributed by atoms with Gasteiger partial charge in [-0.15, -0.1) is 0 Å². The molecule has 3 N–H and O–H groups in total. The van der Waals surface area contributed by atoms with Crippen LogP contribution in [-0.4, -0.2) is 59.2 Å². The Balaban J connectivity index is 1.23. The summed E-state index contributed by atoms with van der Waals surface area (Å²) < 4.78 is 3.82. The number of amides is 1. The van der Waals surface area contributed by atoms with E-state index >= 15 is 0 Å². The van der Waals surface area contributed by atoms with Crippen LogP contribution in [0.5, 0.6) is 0 Å². The first kappa shape index (κ1) is 26.1. The molecule has 42 heavy (non-hydrogen) atoms. The van der Waals surface area contributed by atoms with Crippen molar-refractivity contribution in [1.82, 2.24) is 39.5 Å². The number of benzene rings is 1. The average molecular weight is 560 g/mol. The Labute approximate surface area is 243 Å². The van der Waals surface area contributed by atoms with Crippen molar-refractivity contribution in [2.75, 3.05) is 18.8 Å². The number of imidazole rings is 1. The number of carbonyl (C=O) groups excluding carboxylic acids is 1. The Kier molecular flexibility index (Phi) is 6.75. The number of fused-ring (bicyclic) bond motifs is 2. The van der Waals surface area contributed by atoms with Crippen LogP contribution in [0.25, 0.3) is 34.1 Å². The quantitative estimate of drug-likeness (QED) is 0.296. The molecule has 0 saturated carbocycles. The van der Waals surface area contributed by atoms with Gasteiger partial charge >= 0.3 is 0 Å². The molecule has 5 aromatic rings. The van der Waals surface area contributed by atoms with Gasteiger partial charge < -0.3 is 16.0 Å². The van der Waals surface area contributed by atoms with Crippen molar-refractivity contribution in [3.63, 3.8) is 0 Å². The average Bonchev–Trinajstić information content (AvgIpc) is 3.73. The molecule has 1 saturated heterocycles. The van der Waals surface area contributed by atoms with Gasteiger partial charge in [0.05, 0.1) is 5.56 Å². The number of nitrogens with two attached hydrogens (primary N) is 1. The van der Waals surface area contributed by atoms with E-state index in [4.69, 9.17) is 15.7 Å². The van der Waals surface area contributed by atoms with Gasteiger partial charge in [-0.2, -0.15) is 5.10 Å². The lowest BCUT2D eigenvalue weighted by Crippen LogP contribution is -2.34. The summed E-state index contributed by atoms with van der Waals surface area (Å²) in [5.74, 6) is 1.86. The van der Waals surface area contributed by atoms with Gasteiger partial charge in [0.1, 0.15) is 11.3 Å². The second-order valence-corrected chi connectivity index (χ2v) is 11.0. The van der Waals surface area contributed by atoms with Gasteiger partial charge in [0.2, 0.25) is 5.91 Å². The maximum absolute atomic E-state index is 12.1. The van der Waals surface area contributed by atoms with Gasteiger partial charge in [0, 0.05) is 49.5 Å². The fraction of sp³-hybridized carbons (Fsp3) is 0.281. The van der Waals surface area contributed by atoms with Crippen LogP contribution in [0.2, 0.25) is 0 Å². The molecule has 2 unspecified atom stereocenters. The third-order valence-corrected chi connectivity index (χ3v) is 8.42. The van der Waals surface area contributed by atoms with E-state index in [9.17, 15) is 4.79 Å². The summed E-state index contributed by atoms with van der Waals surface area (Å²) in [6.45, 7) is 5.21. The molecule has 7 rings (SSSR count). The van der Waals surface area contributed by atoms with Crippen molar-refractivity contribution in [2.24, 2.45) is 0 Å². The Hall–Kier alpha value is -4.83. The lowest BCUT2D eigenvalue weighted by molar-refractivity contribution is -0.125. The highest BCUT2D eigenvalue weighted by molar-refractivity contribution is 5.87. The minimum Gasteiger partial charge on any atom is -0.383 e. The normalized spacial score (nSPS) is 18.6. The standard InChI is InChI=1S/C32H33N9O/c1-2-29(42)39-17-4-6-22(14-19-39)36-26-11-8-21-20-23(9-10-24(21)26)41-31(25-7-3-15-34-30(25)33)37-27-12-13-28(38-32(27)41)40-18-5-16-35-40/h2-3,5,7,9-10,12-13,15-16,18,20,22,26,36H,1,4,6,8,11,14,17,19H2,(H2,33,34). The molecule has 0 bridgehead atoms. The molecule has 1 aliphatic heterocycles. The molecule has 10 heteroatoms. The zero-order valence-electron chi connectivity index (χ0n) is 23.4. The first-order valence-electron chi connectivity index (χ1n) is 14.5. The summed E-state index contributed by atoms with van der Waals surface area (Å²) >= 11 is 0. The van der Waals surface area contributed by atoms with E-state index < -0.39 is 0 Å². The molecular weight excluding hydrogens is 526 g/mol. The summed E-state index contributed by atoms with van der Waals surface area (Å²) in [6.07, 6.45) is 11.8. The van der Waals surface area contributed by atoms with Crippen molar-refractivity contribution in [3.05, 3.63) is 90.9 Å². The number of hydrogen-bond acceptors (Lipinski definition) is 7. The molecule has 4 aromatic heterocycles. The number of nitrogens with zero attached hydrogens (tertiary/aromatic N) is 7. The van der Waals surface area contributed by atoms with Gasteiger partial charge in [0.25, 0.3) is 0 Å². The van der Waals surface area contributed by atoms with Crippen LogP contribution in [0.3, 0.4) is 0 Å². The molecule has 2 atom stereocenters. The zero-order valence-corrected chi connectivity index (χ0v) is 23.4. The molecule has 1 aliphatic carbocycles. The van der Waals surface area contributed by atoms with Gasteiger partial charge in [-0.25, -0.2) is 19.6 Å². The number of pyridine rings is 2. The van der Waals surface area contributed by atoms with Crippen LogP contribution >= 0.6 is 0 Å². The largest absolute Gasteiger partial charge is 0.383 e. The van der Waals surface area contributed by atoms with E-state index in [0.29, 0.717) is 29.5 Å². The second-order valence-electron chi connectivity index (χ2n) is 11.0. The number of likely N-dealkylation sites (tertiary alicyclic amines) is 1. The molecule has 0 radical (unpaired) electrons. The molecule has 5 heterocycles. The number of nitrogen functional groups attached to an aromatic ring is 1. The summed E-state index contributed by atoms with van der Waals surface area (Å²) in [5, 5.41) is 8.28. The fourth-order valence-corrected chi connectivity index (χ4v) is 6.32. The minimum atomic E-state index is 0.0278. The first-order chi connectivity index (χ1) is 20.6. The number of hydrogen-bond donors (Lipinski definition) is 2. The Morgan fingerprint density at radius 3 is 2.81 bits per heavy atom. The topological polar surface area (TPSA) is 120 Å². The van der Waals surface area contributed by atoms with Gasteiger partial charge in [-0.1, -0.05) is 12.6 Å². The minimum absolute atomic E-state index is 0.0278. The Bertz CT molecular complexity index is 1770. The Morgan fingerprint density at radius 1 is 1.05 bits per heavy atom. The molecule has 1 amide bonds. The van der Waals surface area contributed by atoms with Crippen LogP contribution in [0, 0.1) is 0 Å². The van der Waals surface area contributed by atoms with E-state index in [-0.39, 0.29) is 5.91 Å². The van der Waals surface area contributed by atoms with Crippen LogP contribution < -0.4 is 11.1 Å². The lowest BCUT2D eigenvalue weighted by atomic mass is 10.0. The van der Waals surface area contributed by atoms with Crippen LogP contribution in [0.15, 0.2) is 79.8 Å². The number of aromatic nitrogens is 6. The predicted molar refractivity (Wildman–Crippen MR) is 162 cm³/mol. The van der Waals surface area contributed by atoms with Crippen LogP contribution in [0.1, 0.15) is 42.9 Å².